The number of rotatable bonds is 4. The number of furan rings is 1. The van der Waals surface area contributed by atoms with Crippen molar-refractivity contribution >= 4 is 34.7 Å². The summed E-state index contributed by atoms with van der Waals surface area (Å²) >= 11 is 0. The van der Waals surface area contributed by atoms with Crippen molar-refractivity contribution in [2.24, 2.45) is 5.41 Å². The molecule has 0 fully saturated rings. The third kappa shape index (κ3) is 3.73. The minimum atomic E-state index is -0.475. The van der Waals surface area contributed by atoms with Crippen molar-refractivity contribution < 1.29 is 14.0 Å². The molecule has 0 bridgehead atoms. The summed E-state index contributed by atoms with van der Waals surface area (Å²) in [7, 11) is 1.75. The smallest absolute Gasteiger partial charge is 0.246 e. The van der Waals surface area contributed by atoms with E-state index >= 15 is 0 Å². The van der Waals surface area contributed by atoms with Gasteiger partial charge in [-0.3, -0.25) is 9.59 Å². The van der Waals surface area contributed by atoms with E-state index in [1.54, 1.807) is 24.2 Å². The highest BCUT2D eigenvalue weighted by Gasteiger charge is 2.34. The highest BCUT2D eigenvalue weighted by molar-refractivity contribution is 5.97. The number of fused-ring (bicyclic) bond motifs is 2. The highest BCUT2D eigenvalue weighted by atomic mass is 16.3. The lowest BCUT2D eigenvalue weighted by Gasteiger charge is -2.29. The summed E-state index contributed by atoms with van der Waals surface area (Å²) < 4.78 is 5.91. The molecule has 30 heavy (non-hydrogen) atoms. The third-order valence-corrected chi connectivity index (χ3v) is 5.58. The largest absolute Gasteiger partial charge is 0.459 e. The van der Waals surface area contributed by atoms with Gasteiger partial charge in [-0.15, -0.1) is 0 Å². The molecule has 1 aliphatic rings. The number of carbonyl (C=O) groups excluding carboxylic acids is 2. The van der Waals surface area contributed by atoms with Crippen molar-refractivity contribution in [2.45, 2.75) is 33.7 Å². The molecule has 2 aromatic heterocycles. The number of nitrogens with one attached hydrogen (secondary N) is 1. The van der Waals surface area contributed by atoms with Crippen molar-refractivity contribution in [1.29, 1.82) is 0 Å². The summed E-state index contributed by atoms with van der Waals surface area (Å²) in [5.41, 5.74) is 3.20. The molecule has 0 atom stereocenters. The highest BCUT2D eigenvalue weighted by Crippen LogP contribution is 2.32. The zero-order chi connectivity index (χ0) is 21.5. The van der Waals surface area contributed by atoms with E-state index in [2.05, 4.69) is 10.3 Å². The number of nitrogens with zero attached hydrogens (tertiary/aromatic N) is 2. The van der Waals surface area contributed by atoms with E-state index in [0.717, 1.165) is 33.4 Å². The summed E-state index contributed by atoms with van der Waals surface area (Å²) in [6, 6.07) is 9.83. The van der Waals surface area contributed by atoms with E-state index in [9.17, 15) is 9.59 Å². The number of benzene rings is 1. The Labute approximate surface area is 175 Å². The molecule has 0 radical (unpaired) electrons. The fourth-order valence-corrected chi connectivity index (χ4v) is 3.66. The maximum absolute atomic E-state index is 12.6. The molecule has 154 valence electrons. The van der Waals surface area contributed by atoms with E-state index in [1.165, 1.54) is 6.08 Å². The first kappa shape index (κ1) is 19.9. The molecule has 6 heteroatoms. The van der Waals surface area contributed by atoms with Gasteiger partial charge < -0.3 is 14.6 Å². The van der Waals surface area contributed by atoms with Crippen LogP contribution in [0.1, 0.15) is 36.3 Å². The van der Waals surface area contributed by atoms with E-state index in [1.807, 2.05) is 51.1 Å². The quantitative estimate of drug-likeness (QED) is 0.658. The summed E-state index contributed by atoms with van der Waals surface area (Å²) in [6.45, 7) is 6.22. The number of aromatic nitrogens is 1. The summed E-state index contributed by atoms with van der Waals surface area (Å²) in [5, 5.41) is 3.91. The molecule has 2 amide bonds. The van der Waals surface area contributed by atoms with Gasteiger partial charge in [0.05, 0.1) is 6.54 Å². The van der Waals surface area contributed by atoms with Gasteiger partial charge in [0, 0.05) is 35.7 Å². The molecular formula is C24H25N3O3. The molecule has 0 unspecified atom stereocenters. The van der Waals surface area contributed by atoms with Crippen LogP contribution in [-0.4, -0.2) is 28.7 Å². The topological polar surface area (TPSA) is 75.4 Å². The zero-order valence-electron chi connectivity index (χ0n) is 17.7. The molecule has 0 saturated heterocycles. The van der Waals surface area contributed by atoms with Gasteiger partial charge in [0.15, 0.2) is 0 Å². The van der Waals surface area contributed by atoms with Crippen molar-refractivity contribution in [3.8, 4) is 0 Å². The van der Waals surface area contributed by atoms with Gasteiger partial charge in [0.1, 0.15) is 17.2 Å². The van der Waals surface area contributed by atoms with Gasteiger partial charge in [0.25, 0.3) is 0 Å². The Morgan fingerprint density at radius 2 is 2.10 bits per heavy atom. The molecule has 0 spiro atoms. The summed E-state index contributed by atoms with van der Waals surface area (Å²) in [6.07, 6.45) is 5.56. The SMILES string of the molecule is Cc1c(CN(C)C(=O)C=Cc2cnc3c(c2)CC(C)(C)C(=O)N3)oc2ccccc12. The van der Waals surface area contributed by atoms with Gasteiger partial charge >= 0.3 is 0 Å². The van der Waals surface area contributed by atoms with Crippen LogP contribution in [0.15, 0.2) is 47.0 Å². The predicted octanol–water partition coefficient (Wildman–Crippen LogP) is 4.33. The Morgan fingerprint density at radius 1 is 1.33 bits per heavy atom. The van der Waals surface area contributed by atoms with Gasteiger partial charge in [-0.1, -0.05) is 32.0 Å². The number of amides is 2. The Morgan fingerprint density at radius 3 is 2.87 bits per heavy atom. The van der Waals surface area contributed by atoms with Gasteiger partial charge in [-0.25, -0.2) is 4.98 Å². The van der Waals surface area contributed by atoms with Crippen molar-refractivity contribution in [3.63, 3.8) is 0 Å². The molecule has 0 aliphatic carbocycles. The lowest BCUT2D eigenvalue weighted by Crippen LogP contribution is -2.37. The molecular weight excluding hydrogens is 378 g/mol. The Hall–Kier alpha value is -3.41. The van der Waals surface area contributed by atoms with E-state index in [0.29, 0.717) is 18.8 Å². The maximum Gasteiger partial charge on any atom is 0.246 e. The van der Waals surface area contributed by atoms with E-state index in [-0.39, 0.29) is 11.8 Å². The minimum Gasteiger partial charge on any atom is -0.459 e. The molecule has 1 aliphatic heterocycles. The Balaban J connectivity index is 1.47. The maximum atomic E-state index is 12.6. The average Bonchev–Trinajstić information content (AvgIpc) is 3.02. The van der Waals surface area contributed by atoms with Crippen LogP contribution in [0.2, 0.25) is 0 Å². The number of anilines is 1. The van der Waals surface area contributed by atoms with Gasteiger partial charge in [0.2, 0.25) is 11.8 Å². The van der Waals surface area contributed by atoms with Crippen molar-refractivity contribution in [1.82, 2.24) is 9.88 Å². The number of carbonyl (C=O) groups is 2. The lowest BCUT2D eigenvalue weighted by atomic mass is 9.82. The molecule has 4 rings (SSSR count). The normalized spacial score (nSPS) is 15.3. The molecule has 1 aromatic carbocycles. The molecule has 1 N–H and O–H groups in total. The summed E-state index contributed by atoms with van der Waals surface area (Å²) in [5.74, 6) is 1.24. The first-order valence-corrected chi connectivity index (χ1v) is 9.95. The number of hydrogen-bond acceptors (Lipinski definition) is 4. The average molecular weight is 403 g/mol. The standard InChI is InChI=1S/C24H25N3O3/c1-15-18-7-5-6-8-19(18)30-20(15)14-27(4)21(28)10-9-16-11-17-12-24(2,3)23(29)26-22(17)25-13-16/h5-11,13H,12,14H2,1-4H3,(H,25,26,29). The summed E-state index contributed by atoms with van der Waals surface area (Å²) in [4.78, 5) is 30.6. The Kier molecular flexibility index (Phi) is 4.94. The second kappa shape index (κ2) is 7.44. The first-order valence-electron chi connectivity index (χ1n) is 9.95. The molecule has 6 nitrogen and oxygen atoms in total. The van der Waals surface area contributed by atoms with Crippen LogP contribution in [0.3, 0.4) is 0 Å². The number of para-hydroxylation sites is 1. The lowest BCUT2D eigenvalue weighted by molar-refractivity contribution is -0.125. The van der Waals surface area contributed by atoms with E-state index < -0.39 is 5.41 Å². The number of aryl methyl sites for hydroxylation is 1. The Bertz CT molecular complexity index is 1170. The second-order valence-corrected chi connectivity index (χ2v) is 8.47. The van der Waals surface area contributed by atoms with Gasteiger partial charge in [-0.05, 0) is 42.7 Å². The zero-order valence-corrected chi connectivity index (χ0v) is 17.7. The molecule has 3 aromatic rings. The van der Waals surface area contributed by atoms with Crippen LogP contribution in [-0.2, 0) is 22.6 Å². The minimum absolute atomic E-state index is 0.0246. The van der Waals surface area contributed by atoms with Crippen LogP contribution in [0.5, 0.6) is 0 Å². The first-order chi connectivity index (χ1) is 14.2. The number of pyridine rings is 1. The third-order valence-electron chi connectivity index (χ3n) is 5.58. The fourth-order valence-electron chi connectivity index (χ4n) is 3.66. The monoisotopic (exact) mass is 403 g/mol. The van der Waals surface area contributed by atoms with Crippen molar-refractivity contribution in [2.75, 3.05) is 12.4 Å². The fraction of sp³-hybridized carbons (Fsp3) is 0.292. The van der Waals surface area contributed by atoms with Crippen molar-refractivity contribution in [3.05, 3.63) is 65.1 Å². The van der Waals surface area contributed by atoms with Crippen LogP contribution >= 0.6 is 0 Å². The predicted molar refractivity (Wildman–Crippen MR) is 117 cm³/mol. The number of likely N-dealkylation sites (N-methyl/N-ethyl adjacent to an activating group) is 1. The van der Waals surface area contributed by atoms with Crippen LogP contribution in [0.4, 0.5) is 5.82 Å². The van der Waals surface area contributed by atoms with Crippen LogP contribution < -0.4 is 5.32 Å². The van der Waals surface area contributed by atoms with E-state index in [4.69, 9.17) is 4.42 Å². The molecule has 0 saturated carbocycles. The second-order valence-electron chi connectivity index (χ2n) is 8.47. The van der Waals surface area contributed by atoms with Crippen LogP contribution in [0, 0.1) is 12.3 Å². The number of hydrogen-bond donors (Lipinski definition) is 1. The molecule has 3 heterocycles. The van der Waals surface area contributed by atoms with Gasteiger partial charge in [-0.2, -0.15) is 0 Å². The van der Waals surface area contributed by atoms with Crippen LogP contribution in [0.25, 0.3) is 17.0 Å².